The third-order valence-electron chi connectivity index (χ3n) is 3.36. The molecule has 1 fully saturated rings. The van der Waals surface area contributed by atoms with Crippen LogP contribution in [0.25, 0.3) is 0 Å². The first-order valence-corrected chi connectivity index (χ1v) is 6.43. The maximum atomic E-state index is 5.83. The molecule has 0 saturated carbocycles. The molecule has 1 saturated heterocycles. The smallest absolute Gasteiger partial charge is 0.119 e. The molecular formula is C14H22N2O. The SMILES string of the molecule is Cc1cccc(OCC(CN)N2CCCC2)c1. The minimum absolute atomic E-state index is 0.359. The molecule has 17 heavy (non-hydrogen) atoms. The van der Waals surface area contributed by atoms with E-state index < -0.39 is 0 Å². The molecule has 3 nitrogen and oxygen atoms in total. The van der Waals surface area contributed by atoms with Gasteiger partial charge in [-0.2, -0.15) is 0 Å². The van der Waals surface area contributed by atoms with E-state index >= 15 is 0 Å². The van der Waals surface area contributed by atoms with Crippen molar-refractivity contribution < 1.29 is 4.74 Å². The highest BCUT2D eigenvalue weighted by Crippen LogP contribution is 2.15. The lowest BCUT2D eigenvalue weighted by molar-refractivity contribution is 0.165. The third-order valence-corrected chi connectivity index (χ3v) is 3.36. The van der Waals surface area contributed by atoms with Crippen LogP contribution in [0.1, 0.15) is 18.4 Å². The Kier molecular flexibility index (Phi) is 4.40. The van der Waals surface area contributed by atoms with Crippen molar-refractivity contribution in [3.8, 4) is 5.75 Å². The van der Waals surface area contributed by atoms with E-state index in [0.717, 1.165) is 5.75 Å². The number of nitrogens with zero attached hydrogens (tertiary/aromatic N) is 1. The van der Waals surface area contributed by atoms with Gasteiger partial charge in [-0.1, -0.05) is 12.1 Å². The normalized spacial score (nSPS) is 18.2. The van der Waals surface area contributed by atoms with Crippen LogP contribution in [-0.4, -0.2) is 37.2 Å². The Balaban J connectivity index is 1.87. The molecule has 2 N–H and O–H groups in total. The average molecular weight is 234 g/mol. The van der Waals surface area contributed by atoms with Crippen molar-refractivity contribution in [2.45, 2.75) is 25.8 Å². The third kappa shape index (κ3) is 3.45. The molecule has 1 atom stereocenters. The Morgan fingerprint density at radius 2 is 2.12 bits per heavy atom. The molecule has 1 aromatic rings. The number of aryl methyl sites for hydroxylation is 1. The minimum Gasteiger partial charge on any atom is -0.492 e. The van der Waals surface area contributed by atoms with E-state index in [0.29, 0.717) is 19.2 Å². The summed E-state index contributed by atoms with van der Waals surface area (Å²) >= 11 is 0. The molecule has 0 aromatic heterocycles. The van der Waals surface area contributed by atoms with E-state index in [-0.39, 0.29) is 0 Å². The highest BCUT2D eigenvalue weighted by molar-refractivity contribution is 5.27. The van der Waals surface area contributed by atoms with Crippen LogP contribution in [0.2, 0.25) is 0 Å². The summed E-state index contributed by atoms with van der Waals surface area (Å²) in [6.45, 7) is 5.78. The van der Waals surface area contributed by atoms with Gasteiger partial charge in [-0.25, -0.2) is 0 Å². The first-order valence-electron chi connectivity index (χ1n) is 6.43. The van der Waals surface area contributed by atoms with E-state index in [2.05, 4.69) is 24.0 Å². The first kappa shape index (κ1) is 12.4. The van der Waals surface area contributed by atoms with Gasteiger partial charge in [0.1, 0.15) is 12.4 Å². The van der Waals surface area contributed by atoms with Crippen LogP contribution >= 0.6 is 0 Å². The summed E-state index contributed by atoms with van der Waals surface area (Å²) in [7, 11) is 0. The highest BCUT2D eigenvalue weighted by Gasteiger charge is 2.21. The van der Waals surface area contributed by atoms with Crippen molar-refractivity contribution in [1.29, 1.82) is 0 Å². The van der Waals surface area contributed by atoms with Crippen LogP contribution in [0.15, 0.2) is 24.3 Å². The fraction of sp³-hybridized carbons (Fsp3) is 0.571. The highest BCUT2D eigenvalue weighted by atomic mass is 16.5. The fourth-order valence-electron chi connectivity index (χ4n) is 2.33. The number of benzene rings is 1. The van der Waals surface area contributed by atoms with Gasteiger partial charge in [0.15, 0.2) is 0 Å². The zero-order chi connectivity index (χ0) is 12.1. The number of rotatable bonds is 5. The lowest BCUT2D eigenvalue weighted by Crippen LogP contribution is -2.42. The molecule has 1 unspecified atom stereocenters. The van der Waals surface area contributed by atoms with Crippen LogP contribution in [0, 0.1) is 6.92 Å². The van der Waals surface area contributed by atoms with Gasteiger partial charge in [-0.05, 0) is 50.6 Å². The minimum atomic E-state index is 0.359. The number of hydrogen-bond donors (Lipinski definition) is 1. The second-order valence-electron chi connectivity index (χ2n) is 4.76. The van der Waals surface area contributed by atoms with Crippen molar-refractivity contribution in [1.82, 2.24) is 4.90 Å². The number of hydrogen-bond acceptors (Lipinski definition) is 3. The molecular weight excluding hydrogens is 212 g/mol. The first-order chi connectivity index (χ1) is 8.29. The summed E-state index contributed by atoms with van der Waals surface area (Å²) in [5.74, 6) is 0.947. The Morgan fingerprint density at radius 1 is 1.35 bits per heavy atom. The van der Waals surface area contributed by atoms with Crippen molar-refractivity contribution in [2.75, 3.05) is 26.2 Å². The molecule has 1 aliphatic rings. The van der Waals surface area contributed by atoms with Gasteiger partial charge >= 0.3 is 0 Å². The van der Waals surface area contributed by atoms with Gasteiger partial charge in [0.2, 0.25) is 0 Å². The van der Waals surface area contributed by atoms with Gasteiger partial charge in [-0.3, -0.25) is 4.90 Å². The quantitative estimate of drug-likeness (QED) is 0.844. The fourth-order valence-corrected chi connectivity index (χ4v) is 2.33. The van der Waals surface area contributed by atoms with Gasteiger partial charge in [0.25, 0.3) is 0 Å². The van der Waals surface area contributed by atoms with Crippen LogP contribution in [0.4, 0.5) is 0 Å². The van der Waals surface area contributed by atoms with Crippen molar-refractivity contribution in [3.63, 3.8) is 0 Å². The molecule has 0 radical (unpaired) electrons. The van der Waals surface area contributed by atoms with Gasteiger partial charge in [-0.15, -0.1) is 0 Å². The Hall–Kier alpha value is -1.06. The van der Waals surface area contributed by atoms with Crippen LogP contribution in [-0.2, 0) is 0 Å². The number of nitrogens with two attached hydrogens (primary N) is 1. The van der Waals surface area contributed by atoms with E-state index in [4.69, 9.17) is 10.5 Å². The molecule has 0 aliphatic carbocycles. The van der Waals surface area contributed by atoms with Crippen molar-refractivity contribution in [3.05, 3.63) is 29.8 Å². The van der Waals surface area contributed by atoms with E-state index in [1.807, 2.05) is 12.1 Å². The molecule has 94 valence electrons. The summed E-state index contributed by atoms with van der Waals surface area (Å²) in [5.41, 5.74) is 7.05. The zero-order valence-corrected chi connectivity index (χ0v) is 10.6. The zero-order valence-electron chi connectivity index (χ0n) is 10.6. The molecule has 2 rings (SSSR count). The predicted octanol–water partition coefficient (Wildman–Crippen LogP) is 1.80. The van der Waals surface area contributed by atoms with Crippen LogP contribution in [0.3, 0.4) is 0 Å². The van der Waals surface area contributed by atoms with Gasteiger partial charge in [0, 0.05) is 6.54 Å². The molecule has 0 spiro atoms. The standard InChI is InChI=1S/C14H22N2O/c1-12-5-4-6-14(9-12)17-11-13(10-15)16-7-2-3-8-16/h4-6,9,13H,2-3,7-8,10-11,15H2,1H3. The average Bonchev–Trinajstić information content (AvgIpc) is 2.84. The molecule has 1 aliphatic heterocycles. The summed E-state index contributed by atoms with van der Waals surface area (Å²) in [5, 5.41) is 0. The lowest BCUT2D eigenvalue weighted by atomic mass is 10.2. The number of likely N-dealkylation sites (tertiary alicyclic amines) is 1. The molecule has 0 amide bonds. The lowest BCUT2D eigenvalue weighted by Gasteiger charge is -2.26. The van der Waals surface area contributed by atoms with Crippen LogP contribution < -0.4 is 10.5 Å². The number of ether oxygens (including phenoxy) is 1. The second kappa shape index (κ2) is 6.03. The van der Waals surface area contributed by atoms with E-state index in [9.17, 15) is 0 Å². The predicted molar refractivity (Wildman–Crippen MR) is 70.3 cm³/mol. The summed E-state index contributed by atoms with van der Waals surface area (Å²) < 4.78 is 5.83. The van der Waals surface area contributed by atoms with Crippen LogP contribution in [0.5, 0.6) is 5.75 Å². The van der Waals surface area contributed by atoms with Gasteiger partial charge in [0.05, 0.1) is 6.04 Å². The van der Waals surface area contributed by atoms with E-state index in [1.165, 1.54) is 31.5 Å². The van der Waals surface area contributed by atoms with E-state index in [1.54, 1.807) is 0 Å². The molecule has 0 bridgehead atoms. The Labute approximate surface area is 104 Å². The molecule has 1 heterocycles. The Morgan fingerprint density at radius 3 is 2.76 bits per heavy atom. The maximum Gasteiger partial charge on any atom is 0.119 e. The van der Waals surface area contributed by atoms with Crippen molar-refractivity contribution in [2.24, 2.45) is 5.73 Å². The maximum absolute atomic E-state index is 5.83. The monoisotopic (exact) mass is 234 g/mol. The molecule has 3 heteroatoms. The van der Waals surface area contributed by atoms with Crippen molar-refractivity contribution >= 4 is 0 Å². The summed E-state index contributed by atoms with van der Waals surface area (Å²) in [6.07, 6.45) is 2.59. The second-order valence-corrected chi connectivity index (χ2v) is 4.76. The largest absolute Gasteiger partial charge is 0.492 e. The summed E-state index contributed by atoms with van der Waals surface area (Å²) in [6, 6.07) is 8.53. The topological polar surface area (TPSA) is 38.5 Å². The summed E-state index contributed by atoms with van der Waals surface area (Å²) in [4.78, 5) is 2.44. The Bertz CT molecular complexity index is 348. The van der Waals surface area contributed by atoms with Gasteiger partial charge < -0.3 is 10.5 Å². The molecule has 1 aromatic carbocycles.